The first-order valence-corrected chi connectivity index (χ1v) is 4.35. The minimum Gasteiger partial charge on any atom is -0.374 e. The highest BCUT2D eigenvalue weighted by molar-refractivity contribution is 6.24. The Morgan fingerprint density at radius 3 is 1.69 bits per heavy atom. The molecular weight excluding hydrogens is 166 g/mol. The summed E-state index contributed by atoms with van der Waals surface area (Å²) in [7, 11) is 10.0. The van der Waals surface area contributed by atoms with Crippen LogP contribution in [0.5, 0.6) is 0 Å². The Labute approximate surface area is 83.8 Å². The zero-order valence-corrected chi connectivity index (χ0v) is 9.28. The molecule has 0 atom stereocenters. The Kier molecular flexibility index (Phi) is 14.2. The van der Waals surface area contributed by atoms with E-state index in [1.165, 1.54) is 5.06 Å². The van der Waals surface area contributed by atoms with E-state index < -0.39 is 0 Å². The zero-order chi connectivity index (χ0) is 10.7. The van der Waals surface area contributed by atoms with Gasteiger partial charge < -0.3 is 9.51 Å². The molecule has 0 aliphatic carbocycles. The molecule has 0 saturated heterocycles. The third-order valence-electron chi connectivity index (χ3n) is 1.36. The predicted octanol–water partition coefficient (Wildman–Crippen LogP) is 0.490. The molecule has 75 valence electrons. The molecule has 6 heteroatoms. The van der Waals surface area contributed by atoms with E-state index in [9.17, 15) is 0 Å². The van der Waals surface area contributed by atoms with Crippen LogP contribution in [0.15, 0.2) is 0 Å². The summed E-state index contributed by atoms with van der Waals surface area (Å²) in [6.45, 7) is 7.57. The molecule has 0 bridgehead atoms. The molecule has 0 aromatic carbocycles. The van der Waals surface area contributed by atoms with E-state index in [4.69, 9.17) is 12.8 Å². The number of hydroxylamine groups is 4. The van der Waals surface area contributed by atoms with Crippen LogP contribution < -0.4 is 0 Å². The summed E-state index contributed by atoms with van der Waals surface area (Å²) in [6, 6.07) is 0. The maximum Gasteiger partial charge on any atom is 0.321 e. The van der Waals surface area contributed by atoms with Gasteiger partial charge in [0.1, 0.15) is 0 Å². The van der Waals surface area contributed by atoms with Crippen LogP contribution in [0.4, 0.5) is 0 Å². The molecule has 0 aliphatic rings. The number of hydrogen-bond acceptors (Lipinski definition) is 4. The summed E-state index contributed by atoms with van der Waals surface area (Å²) in [5.74, 6) is 0. The Morgan fingerprint density at radius 1 is 1.15 bits per heavy atom. The van der Waals surface area contributed by atoms with Crippen molar-refractivity contribution in [2.75, 3.05) is 27.2 Å². The van der Waals surface area contributed by atoms with Crippen molar-refractivity contribution < 1.29 is 9.51 Å². The quantitative estimate of drug-likeness (QED) is 0.459. The second kappa shape index (κ2) is 12.0. The monoisotopic (exact) mass is 185 g/mol. The third-order valence-corrected chi connectivity index (χ3v) is 1.36. The topological polar surface area (TPSA) is 24.9 Å². The number of hydrogen-bond donors (Lipinski definition) is 0. The summed E-state index contributed by atoms with van der Waals surface area (Å²) >= 11 is 0. The second-order valence-corrected chi connectivity index (χ2v) is 2.33. The molecule has 0 saturated carbocycles. The van der Waals surface area contributed by atoms with Crippen LogP contribution in [-0.4, -0.2) is 52.8 Å². The molecule has 13 heavy (non-hydrogen) atoms. The fourth-order valence-corrected chi connectivity index (χ4v) is 0.329. The molecule has 0 rings (SSSR count). The molecular formula is C7H19B2N2O2. The van der Waals surface area contributed by atoms with Crippen molar-refractivity contribution in [3.05, 3.63) is 0 Å². The largest absolute Gasteiger partial charge is 0.374 e. The lowest BCUT2D eigenvalue weighted by atomic mass is 10.1. The zero-order valence-electron chi connectivity index (χ0n) is 9.28. The molecule has 0 heterocycles. The van der Waals surface area contributed by atoms with E-state index in [0.29, 0.717) is 0 Å². The molecule has 3 radical (unpaired) electrons. The Balaban J connectivity index is 0. The first-order chi connectivity index (χ1) is 6.12. The van der Waals surface area contributed by atoms with Gasteiger partial charge in [0.2, 0.25) is 0 Å². The average molecular weight is 185 g/mol. The standard InChI is InChI=1S/C4H11BNO.C3H8BNO/c1-4-6(3)7-5-2;1-3-5(2)6-4/h4H2,1-3H3;3H2,1-2H3. The van der Waals surface area contributed by atoms with Gasteiger partial charge in [-0.3, -0.25) is 0 Å². The lowest BCUT2D eigenvalue weighted by Gasteiger charge is -2.11. The first-order valence-electron chi connectivity index (χ1n) is 4.35. The van der Waals surface area contributed by atoms with Gasteiger partial charge in [0.25, 0.3) is 0 Å². The van der Waals surface area contributed by atoms with Gasteiger partial charge in [0.15, 0.2) is 0 Å². The fraction of sp³-hybridized carbons (Fsp3) is 1.00. The summed E-state index contributed by atoms with van der Waals surface area (Å²) < 4.78 is 9.13. The van der Waals surface area contributed by atoms with Crippen LogP contribution >= 0.6 is 0 Å². The van der Waals surface area contributed by atoms with Crippen molar-refractivity contribution in [2.24, 2.45) is 0 Å². The van der Waals surface area contributed by atoms with Crippen LogP contribution in [0.25, 0.3) is 0 Å². The van der Waals surface area contributed by atoms with Crippen LogP contribution in [0.2, 0.25) is 6.82 Å². The average Bonchev–Trinajstić information content (AvgIpc) is 2.18. The van der Waals surface area contributed by atoms with Crippen molar-refractivity contribution in [2.45, 2.75) is 20.7 Å². The highest BCUT2D eigenvalue weighted by Crippen LogP contribution is 1.78. The lowest BCUT2D eigenvalue weighted by molar-refractivity contribution is -0.0228. The van der Waals surface area contributed by atoms with Crippen LogP contribution in [0, 0.1) is 0 Å². The summed E-state index contributed by atoms with van der Waals surface area (Å²) in [5, 5.41) is 3.28. The minimum atomic E-state index is 0.816. The van der Waals surface area contributed by atoms with Crippen molar-refractivity contribution in [3.8, 4) is 0 Å². The smallest absolute Gasteiger partial charge is 0.321 e. The lowest BCUT2D eigenvalue weighted by Crippen LogP contribution is -2.18. The van der Waals surface area contributed by atoms with Crippen LogP contribution in [-0.2, 0) is 9.51 Å². The van der Waals surface area contributed by atoms with Gasteiger partial charge in [0, 0.05) is 27.2 Å². The molecule has 0 fully saturated rings. The molecule has 0 aliphatic heterocycles. The normalized spacial score (nSPS) is 9.77. The van der Waals surface area contributed by atoms with Crippen LogP contribution in [0.3, 0.4) is 0 Å². The van der Waals surface area contributed by atoms with Gasteiger partial charge in [-0.2, -0.15) is 0 Å². The maximum absolute atomic E-state index is 4.90. The summed E-state index contributed by atoms with van der Waals surface area (Å²) in [6.07, 6.45) is 0. The van der Waals surface area contributed by atoms with Crippen molar-refractivity contribution >= 4 is 15.5 Å². The Hall–Kier alpha value is -0.0301. The van der Waals surface area contributed by atoms with E-state index in [2.05, 4.69) is 4.76 Å². The number of rotatable bonds is 5. The van der Waals surface area contributed by atoms with Gasteiger partial charge in [-0.15, -0.1) is 0 Å². The van der Waals surface area contributed by atoms with Gasteiger partial charge in [-0.05, 0) is 0 Å². The van der Waals surface area contributed by atoms with Crippen molar-refractivity contribution in [1.82, 2.24) is 10.1 Å². The third kappa shape index (κ3) is 14.8. The number of nitrogens with zero attached hydrogens (tertiary/aromatic N) is 2. The molecule has 0 unspecified atom stereocenters. The Morgan fingerprint density at radius 2 is 1.62 bits per heavy atom. The van der Waals surface area contributed by atoms with Gasteiger partial charge in [-0.1, -0.05) is 20.7 Å². The van der Waals surface area contributed by atoms with E-state index in [1.54, 1.807) is 19.6 Å². The van der Waals surface area contributed by atoms with Gasteiger partial charge >= 0.3 is 15.5 Å². The van der Waals surface area contributed by atoms with Gasteiger partial charge in [0.05, 0.1) is 0 Å². The van der Waals surface area contributed by atoms with Crippen molar-refractivity contribution in [1.29, 1.82) is 0 Å². The van der Waals surface area contributed by atoms with Crippen molar-refractivity contribution in [3.63, 3.8) is 0 Å². The van der Waals surface area contributed by atoms with E-state index >= 15 is 0 Å². The molecule has 4 nitrogen and oxygen atoms in total. The predicted molar refractivity (Wildman–Crippen MR) is 56.2 cm³/mol. The van der Waals surface area contributed by atoms with Crippen LogP contribution in [0.1, 0.15) is 13.8 Å². The minimum absolute atomic E-state index is 0.816. The summed E-state index contributed by atoms with van der Waals surface area (Å²) in [5.41, 5.74) is 0. The molecule has 0 aromatic rings. The highest BCUT2D eigenvalue weighted by Gasteiger charge is 1.87. The van der Waals surface area contributed by atoms with E-state index in [0.717, 1.165) is 13.1 Å². The maximum atomic E-state index is 4.90. The van der Waals surface area contributed by atoms with Gasteiger partial charge in [-0.25, -0.2) is 10.1 Å². The first kappa shape index (κ1) is 15.4. The molecule has 0 spiro atoms. The van der Waals surface area contributed by atoms with E-state index in [1.807, 2.05) is 27.7 Å². The molecule has 0 N–H and O–H groups in total. The van der Waals surface area contributed by atoms with E-state index in [-0.39, 0.29) is 0 Å². The highest BCUT2D eigenvalue weighted by atomic mass is 16.6. The Bertz CT molecular complexity index is 94.6. The molecule has 0 aromatic heterocycles. The SMILES string of the molecule is C[B]ON(C)CC.[B]ON(C)CC. The molecule has 0 amide bonds. The summed E-state index contributed by atoms with van der Waals surface area (Å²) in [4.78, 5) is 0. The fourth-order valence-electron chi connectivity index (χ4n) is 0.329. The second-order valence-electron chi connectivity index (χ2n) is 2.33.